The molecule has 0 aromatic carbocycles. The predicted molar refractivity (Wildman–Crippen MR) is 89.5 cm³/mol. The second-order valence-corrected chi connectivity index (χ2v) is 6.37. The van der Waals surface area contributed by atoms with E-state index >= 15 is 0 Å². The number of carbonyl (C=O) groups excluding carboxylic acids is 1. The lowest BCUT2D eigenvalue weighted by molar-refractivity contribution is 0.0232. The van der Waals surface area contributed by atoms with Gasteiger partial charge in [0.2, 0.25) is 5.28 Å². The Morgan fingerprint density at radius 2 is 2.00 bits per heavy atom. The van der Waals surface area contributed by atoms with Gasteiger partial charge in [0.15, 0.2) is 10.8 Å². The number of ether oxygens (including phenoxy) is 2. The zero-order valence-electron chi connectivity index (χ0n) is 13.3. The third-order valence-corrected chi connectivity index (χ3v) is 4.54. The fraction of sp³-hybridized carbons (Fsp3) is 0.600. The van der Waals surface area contributed by atoms with Crippen LogP contribution in [0.2, 0.25) is 10.4 Å². The topological polar surface area (TPSA) is 79.1 Å². The molecule has 2 heterocycles. The fourth-order valence-corrected chi connectivity index (χ4v) is 3.43. The van der Waals surface area contributed by atoms with Crippen LogP contribution in [-0.4, -0.2) is 45.5 Å². The standard InChI is InChI=1S/C15H18Cl2N4O3/c1-23-14(22)11-10-12(13(16)19-15(17)18-10)21(20-11)7-8-24-9-5-3-2-4-6-9/h9H,2-8H2,1H3. The average Bonchev–Trinajstić information content (AvgIpc) is 2.94. The van der Waals surface area contributed by atoms with E-state index in [2.05, 4.69) is 15.1 Å². The van der Waals surface area contributed by atoms with Gasteiger partial charge < -0.3 is 9.47 Å². The average molecular weight is 373 g/mol. The van der Waals surface area contributed by atoms with Crippen LogP contribution in [0.25, 0.3) is 11.0 Å². The molecular weight excluding hydrogens is 355 g/mol. The van der Waals surface area contributed by atoms with Crippen LogP contribution in [-0.2, 0) is 16.0 Å². The molecule has 0 unspecified atom stereocenters. The minimum atomic E-state index is -0.599. The van der Waals surface area contributed by atoms with E-state index in [4.69, 9.17) is 32.7 Å². The van der Waals surface area contributed by atoms with Gasteiger partial charge in [-0.2, -0.15) is 5.10 Å². The SMILES string of the molecule is COC(=O)c1nn(CCOC2CCCCC2)c2c(Cl)nc(Cl)nc12. The maximum absolute atomic E-state index is 11.9. The second kappa shape index (κ2) is 7.63. The molecule has 1 fully saturated rings. The van der Waals surface area contributed by atoms with Gasteiger partial charge in [0, 0.05) is 0 Å². The number of methoxy groups -OCH3 is 1. The molecule has 1 saturated carbocycles. The van der Waals surface area contributed by atoms with Gasteiger partial charge in [-0.05, 0) is 24.4 Å². The molecule has 0 saturated heterocycles. The van der Waals surface area contributed by atoms with Crippen LogP contribution in [0.4, 0.5) is 0 Å². The van der Waals surface area contributed by atoms with Gasteiger partial charge in [-0.3, -0.25) is 4.68 Å². The molecule has 9 heteroatoms. The first-order valence-electron chi connectivity index (χ1n) is 7.89. The van der Waals surface area contributed by atoms with Gasteiger partial charge >= 0.3 is 5.97 Å². The summed E-state index contributed by atoms with van der Waals surface area (Å²) in [7, 11) is 1.28. The monoisotopic (exact) mass is 372 g/mol. The minimum Gasteiger partial charge on any atom is -0.464 e. The number of rotatable bonds is 5. The van der Waals surface area contributed by atoms with E-state index in [0.717, 1.165) is 12.8 Å². The van der Waals surface area contributed by atoms with Crippen molar-refractivity contribution >= 4 is 40.2 Å². The number of fused-ring (bicyclic) bond motifs is 1. The zero-order valence-corrected chi connectivity index (χ0v) is 14.8. The summed E-state index contributed by atoms with van der Waals surface area (Å²) in [5.74, 6) is -0.599. The highest BCUT2D eigenvalue weighted by Crippen LogP contribution is 2.26. The van der Waals surface area contributed by atoms with Crippen molar-refractivity contribution in [3.8, 4) is 0 Å². The number of hydrogen-bond acceptors (Lipinski definition) is 6. The smallest absolute Gasteiger partial charge is 0.360 e. The summed E-state index contributed by atoms with van der Waals surface area (Å²) >= 11 is 12.0. The minimum absolute atomic E-state index is 0.0457. The van der Waals surface area contributed by atoms with Crippen LogP contribution in [0, 0.1) is 0 Å². The Kier molecular flexibility index (Phi) is 5.53. The lowest BCUT2D eigenvalue weighted by atomic mass is 9.98. The molecule has 0 aliphatic heterocycles. The number of halogens is 2. The summed E-state index contributed by atoms with van der Waals surface area (Å²) < 4.78 is 12.2. The first kappa shape index (κ1) is 17.4. The molecule has 0 spiro atoms. The molecule has 24 heavy (non-hydrogen) atoms. The van der Waals surface area contributed by atoms with Crippen molar-refractivity contribution < 1.29 is 14.3 Å². The molecule has 2 aromatic rings. The van der Waals surface area contributed by atoms with Crippen LogP contribution < -0.4 is 0 Å². The Hall–Kier alpha value is -1.44. The lowest BCUT2D eigenvalue weighted by Gasteiger charge is -2.21. The lowest BCUT2D eigenvalue weighted by Crippen LogP contribution is -2.19. The summed E-state index contributed by atoms with van der Waals surface area (Å²) in [6.07, 6.45) is 6.17. The molecule has 0 N–H and O–H groups in total. The Morgan fingerprint density at radius 3 is 2.71 bits per heavy atom. The quantitative estimate of drug-likeness (QED) is 0.455. The van der Waals surface area contributed by atoms with Crippen molar-refractivity contribution in [1.29, 1.82) is 0 Å². The highest BCUT2D eigenvalue weighted by Gasteiger charge is 2.23. The number of carbonyl (C=O) groups is 1. The highest BCUT2D eigenvalue weighted by molar-refractivity contribution is 6.35. The van der Waals surface area contributed by atoms with Crippen molar-refractivity contribution in [2.45, 2.75) is 44.8 Å². The normalized spacial score (nSPS) is 15.8. The van der Waals surface area contributed by atoms with E-state index in [-0.39, 0.29) is 21.6 Å². The second-order valence-electron chi connectivity index (χ2n) is 5.67. The van der Waals surface area contributed by atoms with Gasteiger partial charge in [0.25, 0.3) is 0 Å². The van der Waals surface area contributed by atoms with Crippen molar-refractivity contribution in [3.05, 3.63) is 16.1 Å². The maximum atomic E-state index is 11.9. The van der Waals surface area contributed by atoms with Crippen molar-refractivity contribution in [2.75, 3.05) is 13.7 Å². The van der Waals surface area contributed by atoms with Crippen molar-refractivity contribution in [2.24, 2.45) is 0 Å². The molecule has 130 valence electrons. The van der Waals surface area contributed by atoms with Gasteiger partial charge in [0.1, 0.15) is 11.0 Å². The van der Waals surface area contributed by atoms with Gasteiger partial charge in [-0.1, -0.05) is 30.9 Å². The maximum Gasteiger partial charge on any atom is 0.360 e. The van der Waals surface area contributed by atoms with Crippen LogP contribution >= 0.6 is 23.2 Å². The molecule has 0 bridgehead atoms. The number of hydrogen-bond donors (Lipinski definition) is 0. The van der Waals surface area contributed by atoms with Crippen LogP contribution in [0.1, 0.15) is 42.6 Å². The van der Waals surface area contributed by atoms with Crippen LogP contribution in [0.5, 0.6) is 0 Å². The molecule has 2 aromatic heterocycles. The van der Waals surface area contributed by atoms with E-state index in [1.165, 1.54) is 26.4 Å². The third-order valence-electron chi connectivity index (χ3n) is 4.10. The molecule has 0 radical (unpaired) electrons. The predicted octanol–water partition coefficient (Wildman–Crippen LogP) is 3.27. The molecule has 3 rings (SSSR count). The van der Waals surface area contributed by atoms with E-state index in [1.54, 1.807) is 4.68 Å². The summed E-state index contributed by atoms with van der Waals surface area (Å²) in [5, 5.41) is 4.36. The first-order valence-corrected chi connectivity index (χ1v) is 8.65. The number of esters is 1. The summed E-state index contributed by atoms with van der Waals surface area (Å²) in [6, 6.07) is 0. The van der Waals surface area contributed by atoms with E-state index < -0.39 is 5.97 Å². The van der Waals surface area contributed by atoms with E-state index in [0.29, 0.717) is 24.8 Å². The molecular formula is C15H18Cl2N4O3. The molecule has 1 aliphatic carbocycles. The first-order chi connectivity index (χ1) is 11.6. The number of nitrogens with zero attached hydrogens (tertiary/aromatic N) is 4. The van der Waals surface area contributed by atoms with Gasteiger partial charge in [-0.25, -0.2) is 14.8 Å². The van der Waals surface area contributed by atoms with Gasteiger partial charge in [-0.15, -0.1) is 0 Å². The van der Waals surface area contributed by atoms with Crippen molar-refractivity contribution in [1.82, 2.24) is 19.7 Å². The number of aromatic nitrogens is 4. The van der Waals surface area contributed by atoms with Crippen molar-refractivity contribution in [3.63, 3.8) is 0 Å². The third kappa shape index (κ3) is 3.63. The Morgan fingerprint density at radius 1 is 1.25 bits per heavy atom. The van der Waals surface area contributed by atoms with Crippen LogP contribution in [0.3, 0.4) is 0 Å². The fourth-order valence-electron chi connectivity index (χ4n) is 2.95. The Labute approximate surface area is 149 Å². The Bertz CT molecular complexity index is 744. The highest BCUT2D eigenvalue weighted by atomic mass is 35.5. The molecule has 1 aliphatic rings. The van der Waals surface area contributed by atoms with Crippen LogP contribution in [0.15, 0.2) is 0 Å². The molecule has 0 atom stereocenters. The van der Waals surface area contributed by atoms with E-state index in [1.807, 2.05) is 0 Å². The summed E-state index contributed by atoms with van der Waals surface area (Å²) in [6.45, 7) is 0.912. The molecule has 7 nitrogen and oxygen atoms in total. The Balaban J connectivity index is 1.82. The van der Waals surface area contributed by atoms with Gasteiger partial charge in [0.05, 0.1) is 26.4 Å². The largest absolute Gasteiger partial charge is 0.464 e. The molecule has 0 amide bonds. The van der Waals surface area contributed by atoms with E-state index in [9.17, 15) is 4.79 Å². The summed E-state index contributed by atoms with van der Waals surface area (Å²) in [4.78, 5) is 19.9. The zero-order chi connectivity index (χ0) is 17.1. The summed E-state index contributed by atoms with van der Waals surface area (Å²) in [5.41, 5.74) is 0.801.